The summed E-state index contributed by atoms with van der Waals surface area (Å²) in [6.07, 6.45) is 1.33. The van der Waals surface area contributed by atoms with Crippen LogP contribution in [0.2, 0.25) is 5.02 Å². The number of nitrogens with zero attached hydrogens (tertiary/aromatic N) is 2. The summed E-state index contributed by atoms with van der Waals surface area (Å²) in [6, 6.07) is 5.71. The number of imide groups is 1. The minimum Gasteiger partial charge on any atom is -0.480 e. The molecule has 2 saturated heterocycles. The number of rotatable bonds is 4. The summed E-state index contributed by atoms with van der Waals surface area (Å²) >= 11 is 12.0. The molecule has 0 spiro atoms. The maximum atomic E-state index is 12.7. The van der Waals surface area contributed by atoms with Crippen molar-refractivity contribution in [1.82, 2.24) is 9.80 Å². The van der Waals surface area contributed by atoms with Crippen molar-refractivity contribution in [3.8, 4) is 0 Å². The smallest absolute Gasteiger partial charge is 0.323 e. The summed E-state index contributed by atoms with van der Waals surface area (Å²) in [4.78, 5) is 49.8. The number of benzene rings is 1. The van der Waals surface area contributed by atoms with Crippen LogP contribution < -0.4 is 0 Å². The van der Waals surface area contributed by atoms with E-state index in [9.17, 15) is 19.2 Å². The van der Waals surface area contributed by atoms with Gasteiger partial charge in [0.2, 0.25) is 5.91 Å². The van der Waals surface area contributed by atoms with E-state index in [2.05, 4.69) is 0 Å². The molecule has 1 aromatic carbocycles. The van der Waals surface area contributed by atoms with E-state index in [-0.39, 0.29) is 10.7 Å². The zero-order valence-corrected chi connectivity index (χ0v) is 15.4. The Balaban J connectivity index is 1.83. The van der Waals surface area contributed by atoms with Crippen molar-refractivity contribution in [3.63, 3.8) is 0 Å². The Morgan fingerprint density at radius 2 is 1.96 bits per heavy atom. The van der Waals surface area contributed by atoms with Gasteiger partial charge in [-0.15, -0.1) is 0 Å². The van der Waals surface area contributed by atoms with Crippen molar-refractivity contribution < 1.29 is 24.3 Å². The largest absolute Gasteiger partial charge is 0.480 e. The van der Waals surface area contributed by atoms with E-state index in [0.717, 1.165) is 22.2 Å². The lowest BCUT2D eigenvalue weighted by Gasteiger charge is -2.20. The summed E-state index contributed by atoms with van der Waals surface area (Å²) < 4.78 is 0.151. The number of carbonyl (C=O) groups is 4. The van der Waals surface area contributed by atoms with Gasteiger partial charge in [-0.1, -0.05) is 47.7 Å². The molecule has 1 N–H and O–H groups in total. The molecule has 0 aromatic heterocycles. The Kier molecular flexibility index (Phi) is 5.12. The standard InChI is InChI=1S/C16H11ClN2O5S2/c17-9-3-1-8(2-4-9)5-11-15(24)19(16(25)26-11)10-6-12(20)18(14(10)23)7-13(21)22/h1-5,10H,6-7H2,(H,21,22)/b11-5-/t10-/m1/s1. The molecule has 0 aliphatic carbocycles. The van der Waals surface area contributed by atoms with Crippen molar-refractivity contribution in [2.75, 3.05) is 6.54 Å². The summed E-state index contributed by atoms with van der Waals surface area (Å²) in [7, 11) is 0. The van der Waals surface area contributed by atoms with Gasteiger partial charge in [0, 0.05) is 5.02 Å². The number of hydrogen-bond acceptors (Lipinski definition) is 6. The van der Waals surface area contributed by atoms with E-state index in [1.54, 1.807) is 30.3 Å². The average Bonchev–Trinajstić information content (AvgIpc) is 2.99. The van der Waals surface area contributed by atoms with E-state index in [4.69, 9.17) is 28.9 Å². The second-order valence-corrected chi connectivity index (χ2v) is 7.65. The molecular formula is C16H11ClN2O5S2. The van der Waals surface area contributed by atoms with Gasteiger partial charge in [0.05, 0.1) is 11.3 Å². The monoisotopic (exact) mass is 410 g/mol. The minimum atomic E-state index is -1.31. The lowest BCUT2D eigenvalue weighted by Crippen LogP contribution is -2.45. The lowest BCUT2D eigenvalue weighted by molar-refractivity contribution is -0.149. The summed E-state index contributed by atoms with van der Waals surface area (Å²) in [5.41, 5.74) is 0.733. The zero-order chi connectivity index (χ0) is 19.0. The first-order valence-corrected chi connectivity index (χ1v) is 8.97. The van der Waals surface area contributed by atoms with E-state index in [1.165, 1.54) is 0 Å². The highest BCUT2D eigenvalue weighted by Gasteiger charge is 2.48. The minimum absolute atomic E-state index is 0.151. The molecule has 0 radical (unpaired) electrons. The molecule has 2 aliphatic heterocycles. The number of halogens is 1. The van der Waals surface area contributed by atoms with Crippen LogP contribution in [-0.4, -0.2) is 55.5 Å². The van der Waals surface area contributed by atoms with Crippen LogP contribution in [0.3, 0.4) is 0 Å². The Hall–Kier alpha value is -2.23. The van der Waals surface area contributed by atoms with E-state index in [1.807, 2.05) is 0 Å². The topological polar surface area (TPSA) is 95.0 Å². The van der Waals surface area contributed by atoms with Gasteiger partial charge in [-0.05, 0) is 23.8 Å². The van der Waals surface area contributed by atoms with Crippen LogP contribution in [0.15, 0.2) is 29.2 Å². The predicted molar refractivity (Wildman–Crippen MR) is 99.2 cm³/mol. The van der Waals surface area contributed by atoms with Crippen LogP contribution >= 0.6 is 35.6 Å². The molecule has 0 unspecified atom stereocenters. The molecule has 26 heavy (non-hydrogen) atoms. The van der Waals surface area contributed by atoms with E-state index < -0.39 is 36.3 Å². The first-order valence-electron chi connectivity index (χ1n) is 7.36. The first kappa shape index (κ1) is 18.6. The molecule has 10 heteroatoms. The van der Waals surface area contributed by atoms with Gasteiger partial charge >= 0.3 is 5.97 Å². The molecular weight excluding hydrogens is 400 g/mol. The van der Waals surface area contributed by atoms with Crippen molar-refractivity contribution in [1.29, 1.82) is 0 Å². The number of hydrogen-bond donors (Lipinski definition) is 1. The third-order valence-corrected chi connectivity index (χ3v) is 5.40. The Bertz CT molecular complexity index is 868. The molecule has 0 bridgehead atoms. The Morgan fingerprint density at radius 3 is 2.58 bits per heavy atom. The molecule has 2 heterocycles. The highest BCUT2D eigenvalue weighted by atomic mass is 35.5. The first-order chi connectivity index (χ1) is 12.3. The number of aliphatic carboxylic acids is 1. The quantitative estimate of drug-likeness (QED) is 0.459. The fourth-order valence-corrected chi connectivity index (χ4v) is 4.11. The van der Waals surface area contributed by atoms with Crippen LogP contribution in [0.25, 0.3) is 6.08 Å². The number of thiocarbonyl (C=S) groups is 1. The fraction of sp³-hybridized carbons (Fsp3) is 0.188. The summed E-state index contributed by atoms with van der Waals surface area (Å²) in [5.74, 6) is -3.17. The second kappa shape index (κ2) is 7.18. The Labute approximate surface area is 162 Å². The molecule has 3 rings (SSSR count). The predicted octanol–water partition coefficient (Wildman–Crippen LogP) is 1.75. The van der Waals surface area contributed by atoms with Gasteiger partial charge in [0.25, 0.3) is 11.8 Å². The van der Waals surface area contributed by atoms with Crippen molar-refractivity contribution in [2.24, 2.45) is 0 Å². The van der Waals surface area contributed by atoms with Gasteiger partial charge in [0.15, 0.2) is 0 Å². The third kappa shape index (κ3) is 3.50. The average molecular weight is 411 g/mol. The number of thioether (sulfide) groups is 1. The highest BCUT2D eigenvalue weighted by molar-refractivity contribution is 8.26. The van der Waals surface area contributed by atoms with Crippen LogP contribution in [0, 0.1) is 0 Å². The lowest BCUT2D eigenvalue weighted by atomic mass is 10.2. The summed E-state index contributed by atoms with van der Waals surface area (Å²) in [5, 5.41) is 9.37. The second-order valence-electron chi connectivity index (χ2n) is 5.54. The van der Waals surface area contributed by atoms with Crippen molar-refractivity contribution in [3.05, 3.63) is 39.8 Å². The number of amides is 3. The van der Waals surface area contributed by atoms with Gasteiger partial charge in [-0.3, -0.25) is 29.0 Å². The van der Waals surface area contributed by atoms with Gasteiger partial charge in [0.1, 0.15) is 16.9 Å². The molecule has 2 fully saturated rings. The van der Waals surface area contributed by atoms with Crippen molar-refractivity contribution in [2.45, 2.75) is 12.5 Å². The molecule has 3 amide bonds. The van der Waals surface area contributed by atoms with E-state index in [0.29, 0.717) is 14.8 Å². The number of carboxylic acid groups (broad SMARTS) is 1. The maximum absolute atomic E-state index is 12.7. The third-order valence-electron chi connectivity index (χ3n) is 3.82. The van der Waals surface area contributed by atoms with Crippen molar-refractivity contribution >= 4 is 69.7 Å². The van der Waals surface area contributed by atoms with Gasteiger partial charge in [-0.2, -0.15) is 0 Å². The molecule has 134 valence electrons. The van der Waals surface area contributed by atoms with Gasteiger partial charge in [-0.25, -0.2) is 0 Å². The maximum Gasteiger partial charge on any atom is 0.323 e. The number of carboxylic acids is 1. The zero-order valence-electron chi connectivity index (χ0n) is 13.0. The van der Waals surface area contributed by atoms with Crippen LogP contribution in [-0.2, 0) is 19.2 Å². The summed E-state index contributed by atoms with van der Waals surface area (Å²) in [6.45, 7) is -0.733. The molecule has 1 atom stereocenters. The SMILES string of the molecule is O=C(O)CN1C(=O)C[C@@H](N2C(=O)/C(=C/c3ccc(Cl)cc3)SC2=S)C1=O. The van der Waals surface area contributed by atoms with Crippen LogP contribution in [0.1, 0.15) is 12.0 Å². The Morgan fingerprint density at radius 1 is 1.31 bits per heavy atom. The number of likely N-dealkylation sites (tertiary alicyclic amines) is 1. The molecule has 1 aromatic rings. The van der Waals surface area contributed by atoms with Crippen LogP contribution in [0.4, 0.5) is 0 Å². The molecule has 7 nitrogen and oxygen atoms in total. The highest BCUT2D eigenvalue weighted by Crippen LogP contribution is 2.36. The van der Waals surface area contributed by atoms with Crippen LogP contribution in [0.5, 0.6) is 0 Å². The fourth-order valence-electron chi connectivity index (χ4n) is 2.63. The van der Waals surface area contributed by atoms with Gasteiger partial charge < -0.3 is 5.11 Å². The molecule has 0 saturated carbocycles. The number of carbonyl (C=O) groups excluding carboxylic acids is 3. The van der Waals surface area contributed by atoms with E-state index >= 15 is 0 Å². The molecule has 2 aliphatic rings. The normalized spacial score (nSPS) is 22.0.